The fraction of sp³-hybridized carbons (Fsp3) is 0.583. The van der Waals surface area contributed by atoms with Crippen LogP contribution in [-0.4, -0.2) is 17.5 Å². The summed E-state index contributed by atoms with van der Waals surface area (Å²) in [6.07, 6.45) is 14.7. The van der Waals surface area contributed by atoms with Gasteiger partial charge in [0.25, 0.3) is 0 Å². The van der Waals surface area contributed by atoms with Crippen LogP contribution in [0.3, 0.4) is 0 Å². The van der Waals surface area contributed by atoms with Crippen LogP contribution in [0.1, 0.15) is 79.2 Å². The monoisotopic (exact) mass is 365 g/mol. The van der Waals surface area contributed by atoms with Crippen LogP contribution in [0, 0.1) is 13.8 Å². The van der Waals surface area contributed by atoms with Gasteiger partial charge in [-0.25, -0.2) is 0 Å². The van der Waals surface area contributed by atoms with Crippen molar-refractivity contribution in [2.24, 2.45) is 11.5 Å². The number of nitrogens with two attached hydrogens (primary N) is 2. The van der Waals surface area contributed by atoms with E-state index in [0.29, 0.717) is 6.04 Å². The first-order valence-corrected chi connectivity index (χ1v) is 10.9. The van der Waals surface area contributed by atoms with Gasteiger partial charge in [-0.15, -0.1) is 0 Å². The second kappa shape index (κ2) is 7.61. The Bertz CT molecular complexity index is 781. The molecule has 27 heavy (non-hydrogen) atoms. The molecule has 0 spiro atoms. The van der Waals surface area contributed by atoms with E-state index in [-0.39, 0.29) is 0 Å². The Morgan fingerprint density at radius 2 is 1.81 bits per heavy atom. The number of fused-ring (bicyclic) bond motifs is 1. The van der Waals surface area contributed by atoms with Crippen LogP contribution >= 0.6 is 0 Å². The van der Waals surface area contributed by atoms with Gasteiger partial charge < -0.3 is 16.4 Å². The van der Waals surface area contributed by atoms with Gasteiger partial charge in [-0.1, -0.05) is 25.3 Å². The summed E-state index contributed by atoms with van der Waals surface area (Å²) in [6.45, 7) is 5.55. The van der Waals surface area contributed by atoms with Gasteiger partial charge in [-0.05, 0) is 92.7 Å². The molecule has 1 aromatic carbocycles. The van der Waals surface area contributed by atoms with E-state index in [1.165, 1.54) is 91.2 Å². The van der Waals surface area contributed by atoms with Crippen LogP contribution in [-0.2, 0) is 12.8 Å². The second-order valence-corrected chi connectivity index (χ2v) is 8.78. The molecule has 1 heterocycles. The highest BCUT2D eigenvalue weighted by Crippen LogP contribution is 2.34. The van der Waals surface area contributed by atoms with E-state index in [0.717, 1.165) is 24.5 Å². The second-order valence-electron chi connectivity index (χ2n) is 8.78. The van der Waals surface area contributed by atoms with E-state index in [2.05, 4.69) is 30.9 Å². The molecule has 4 rings (SSSR count). The van der Waals surface area contributed by atoms with E-state index < -0.39 is 0 Å². The predicted octanol–water partition coefficient (Wildman–Crippen LogP) is 4.69. The molecule has 0 aromatic heterocycles. The third-order valence-electron chi connectivity index (χ3n) is 6.99. The Morgan fingerprint density at radius 1 is 1.04 bits per heavy atom. The van der Waals surface area contributed by atoms with Crippen molar-refractivity contribution in [3.8, 4) is 0 Å². The SMILES string of the molecule is Cc1cc2c(c(C)c1/C(N)=C/C1=C(N)N(C3CCCCC3)CCC1)CCC2. The van der Waals surface area contributed by atoms with Crippen LogP contribution in [0.4, 0.5) is 0 Å². The topological polar surface area (TPSA) is 55.3 Å². The quantitative estimate of drug-likeness (QED) is 0.817. The molecule has 0 radical (unpaired) electrons. The Hall–Kier alpha value is -1.90. The third kappa shape index (κ3) is 3.49. The summed E-state index contributed by atoms with van der Waals surface area (Å²) in [5.74, 6) is 0.979. The number of aryl methyl sites for hydroxylation is 2. The number of hydrogen-bond donors (Lipinski definition) is 2. The first kappa shape index (κ1) is 18.5. The minimum Gasteiger partial charge on any atom is -0.398 e. The smallest absolute Gasteiger partial charge is 0.102 e. The van der Waals surface area contributed by atoms with E-state index in [1.54, 1.807) is 0 Å². The largest absolute Gasteiger partial charge is 0.398 e. The molecule has 0 bridgehead atoms. The summed E-state index contributed by atoms with van der Waals surface area (Å²) < 4.78 is 0. The number of benzene rings is 1. The number of rotatable bonds is 3. The average Bonchev–Trinajstić information content (AvgIpc) is 3.13. The van der Waals surface area contributed by atoms with Crippen LogP contribution < -0.4 is 11.5 Å². The molecule has 0 amide bonds. The van der Waals surface area contributed by atoms with Crippen molar-refractivity contribution in [3.05, 3.63) is 51.4 Å². The highest BCUT2D eigenvalue weighted by Gasteiger charge is 2.26. The van der Waals surface area contributed by atoms with E-state index in [9.17, 15) is 0 Å². The van der Waals surface area contributed by atoms with Crippen molar-refractivity contribution in [3.63, 3.8) is 0 Å². The molecule has 1 aromatic rings. The number of hydrogen-bond acceptors (Lipinski definition) is 3. The fourth-order valence-corrected chi connectivity index (χ4v) is 5.63. The summed E-state index contributed by atoms with van der Waals surface area (Å²) in [4.78, 5) is 2.48. The summed E-state index contributed by atoms with van der Waals surface area (Å²) in [7, 11) is 0. The lowest BCUT2D eigenvalue weighted by Gasteiger charge is -2.39. The van der Waals surface area contributed by atoms with Crippen LogP contribution in [0.2, 0.25) is 0 Å². The van der Waals surface area contributed by atoms with Crippen LogP contribution in [0.15, 0.2) is 23.5 Å². The normalized spacial score (nSPS) is 21.7. The van der Waals surface area contributed by atoms with Crippen molar-refractivity contribution >= 4 is 5.70 Å². The van der Waals surface area contributed by atoms with Crippen LogP contribution in [0.5, 0.6) is 0 Å². The standard InChI is InChI=1S/C24H35N3/c1-16-14-18-8-6-12-21(18)17(2)23(16)22(25)15-19-9-7-13-27(24(19)26)20-10-4-3-5-11-20/h14-15,20H,3-13,25-26H2,1-2H3/b22-15-. The minimum absolute atomic E-state index is 0.632. The lowest BCUT2D eigenvalue weighted by atomic mass is 9.90. The molecule has 146 valence electrons. The molecule has 0 saturated heterocycles. The summed E-state index contributed by atoms with van der Waals surface area (Å²) in [5, 5.41) is 0. The molecule has 3 aliphatic rings. The van der Waals surface area contributed by atoms with Crippen molar-refractivity contribution in [1.82, 2.24) is 4.90 Å². The van der Waals surface area contributed by atoms with E-state index >= 15 is 0 Å². The molecule has 3 nitrogen and oxygen atoms in total. The zero-order valence-corrected chi connectivity index (χ0v) is 17.1. The van der Waals surface area contributed by atoms with Gasteiger partial charge in [0, 0.05) is 23.8 Å². The lowest BCUT2D eigenvalue weighted by molar-refractivity contribution is 0.185. The molecule has 1 fully saturated rings. The molecule has 1 aliphatic heterocycles. The van der Waals surface area contributed by atoms with Gasteiger partial charge in [0.2, 0.25) is 0 Å². The Morgan fingerprint density at radius 3 is 2.59 bits per heavy atom. The Labute approximate surface area is 164 Å². The van der Waals surface area contributed by atoms with Gasteiger partial charge >= 0.3 is 0 Å². The van der Waals surface area contributed by atoms with Gasteiger partial charge in [0.05, 0.1) is 0 Å². The average molecular weight is 366 g/mol. The van der Waals surface area contributed by atoms with Crippen LogP contribution in [0.25, 0.3) is 5.70 Å². The van der Waals surface area contributed by atoms with Gasteiger partial charge in [-0.2, -0.15) is 0 Å². The van der Waals surface area contributed by atoms with Crippen molar-refractivity contribution in [2.45, 2.75) is 84.1 Å². The molecular formula is C24H35N3. The molecule has 1 saturated carbocycles. The Balaban J connectivity index is 1.66. The summed E-state index contributed by atoms with van der Waals surface area (Å²) in [5.41, 5.74) is 22.4. The maximum atomic E-state index is 6.66. The molecule has 4 N–H and O–H groups in total. The zero-order chi connectivity index (χ0) is 19.0. The van der Waals surface area contributed by atoms with Gasteiger partial charge in [0.1, 0.15) is 5.82 Å². The maximum absolute atomic E-state index is 6.66. The van der Waals surface area contributed by atoms with Gasteiger partial charge in [-0.3, -0.25) is 0 Å². The highest BCUT2D eigenvalue weighted by molar-refractivity contribution is 5.72. The molecule has 2 aliphatic carbocycles. The highest BCUT2D eigenvalue weighted by atomic mass is 15.2. The van der Waals surface area contributed by atoms with E-state index in [4.69, 9.17) is 11.5 Å². The van der Waals surface area contributed by atoms with Crippen molar-refractivity contribution in [2.75, 3.05) is 6.54 Å². The lowest BCUT2D eigenvalue weighted by Crippen LogP contribution is -2.42. The van der Waals surface area contributed by atoms with Crippen molar-refractivity contribution < 1.29 is 0 Å². The van der Waals surface area contributed by atoms with Gasteiger partial charge in [0.15, 0.2) is 0 Å². The fourth-order valence-electron chi connectivity index (χ4n) is 5.63. The summed E-state index contributed by atoms with van der Waals surface area (Å²) in [6, 6.07) is 2.99. The van der Waals surface area contributed by atoms with Crippen molar-refractivity contribution in [1.29, 1.82) is 0 Å². The number of allylic oxidation sites excluding steroid dienone is 2. The summed E-state index contributed by atoms with van der Waals surface area (Å²) >= 11 is 0. The molecule has 0 unspecified atom stereocenters. The Kier molecular flexibility index (Phi) is 5.21. The molecule has 0 atom stereocenters. The first-order valence-electron chi connectivity index (χ1n) is 10.9. The molecular weight excluding hydrogens is 330 g/mol. The first-order chi connectivity index (χ1) is 13.1. The minimum atomic E-state index is 0.632. The number of nitrogens with zero attached hydrogens (tertiary/aromatic N) is 1. The third-order valence-corrected chi connectivity index (χ3v) is 6.99. The predicted molar refractivity (Wildman–Crippen MR) is 114 cm³/mol. The molecule has 3 heteroatoms. The maximum Gasteiger partial charge on any atom is 0.102 e. The zero-order valence-electron chi connectivity index (χ0n) is 17.1. The van der Waals surface area contributed by atoms with E-state index in [1.807, 2.05) is 0 Å².